The summed E-state index contributed by atoms with van der Waals surface area (Å²) in [6, 6.07) is 4.70. The van der Waals surface area contributed by atoms with E-state index in [0.29, 0.717) is 13.1 Å². The monoisotopic (exact) mass is 293 g/mol. The number of para-hydroxylation sites is 1. The number of amides is 1. The molecule has 20 heavy (non-hydrogen) atoms. The molecule has 1 rings (SSSR count). The maximum atomic E-state index is 12.0. The van der Waals surface area contributed by atoms with Crippen LogP contribution in [-0.4, -0.2) is 29.9 Å². The van der Waals surface area contributed by atoms with Crippen LogP contribution in [0.15, 0.2) is 18.2 Å². The van der Waals surface area contributed by atoms with Gasteiger partial charge in [-0.2, -0.15) is 0 Å². The normalized spacial score (nSPS) is 9.40. The molecule has 0 bridgehead atoms. The summed E-state index contributed by atoms with van der Waals surface area (Å²) in [5.41, 5.74) is 0.187. The third-order valence-electron chi connectivity index (χ3n) is 2.66. The Morgan fingerprint density at radius 2 is 1.95 bits per heavy atom. The number of nitrogens with zero attached hydrogens (tertiary/aromatic N) is 1. The molecule has 0 heterocycles. The van der Waals surface area contributed by atoms with E-state index < -0.39 is 11.9 Å². The van der Waals surface area contributed by atoms with E-state index in [4.69, 9.17) is 16.3 Å². The summed E-state index contributed by atoms with van der Waals surface area (Å²) in [5, 5.41) is 0.203. The van der Waals surface area contributed by atoms with Crippen LogP contribution in [0.2, 0.25) is 5.02 Å². The number of hydrogen-bond acceptors (Lipinski definition) is 3. The molecule has 0 unspecified atom stereocenters. The molecule has 0 aromatic heterocycles. The first kappa shape index (κ1) is 16.1. The zero-order chi connectivity index (χ0) is 15.1. The fourth-order valence-corrected chi connectivity index (χ4v) is 1.82. The number of ether oxygens (including phenoxy) is 1. The molecule has 0 radical (unpaired) electrons. The van der Waals surface area contributed by atoms with Gasteiger partial charge in [-0.3, -0.25) is 4.79 Å². The Kier molecular flexibility index (Phi) is 6.08. The van der Waals surface area contributed by atoms with Crippen LogP contribution in [0, 0.1) is 11.8 Å². The molecule has 0 saturated carbocycles. The van der Waals surface area contributed by atoms with Gasteiger partial charge in [0.1, 0.15) is 0 Å². The molecule has 4 nitrogen and oxygen atoms in total. The second-order valence-electron chi connectivity index (χ2n) is 3.86. The van der Waals surface area contributed by atoms with Gasteiger partial charge < -0.3 is 9.64 Å². The van der Waals surface area contributed by atoms with Crippen LogP contribution in [0.5, 0.6) is 5.75 Å². The fourth-order valence-electron chi connectivity index (χ4n) is 1.61. The summed E-state index contributed by atoms with van der Waals surface area (Å²) in [6.45, 7) is 6.26. The van der Waals surface area contributed by atoms with Crippen molar-refractivity contribution >= 4 is 23.5 Å². The molecule has 0 N–H and O–H groups in total. The average Bonchev–Trinajstić information content (AvgIpc) is 2.42. The van der Waals surface area contributed by atoms with Crippen LogP contribution < -0.4 is 4.74 Å². The predicted molar refractivity (Wildman–Crippen MR) is 78.2 cm³/mol. The van der Waals surface area contributed by atoms with Crippen molar-refractivity contribution in [1.29, 1.82) is 0 Å². The molecule has 0 aliphatic heterocycles. The van der Waals surface area contributed by atoms with Gasteiger partial charge in [0.2, 0.25) is 5.78 Å². The van der Waals surface area contributed by atoms with Gasteiger partial charge in [-0.1, -0.05) is 23.6 Å². The minimum Gasteiger partial charge on any atom is -0.408 e. The topological polar surface area (TPSA) is 46.6 Å². The molecule has 5 heteroatoms. The Hall–Kier alpha value is -1.99. The smallest absolute Gasteiger partial charge is 0.408 e. The second-order valence-corrected chi connectivity index (χ2v) is 4.27. The predicted octanol–water partition coefficient (Wildman–Crippen LogP) is 3.39. The highest BCUT2D eigenvalue weighted by atomic mass is 35.5. The van der Waals surface area contributed by atoms with Gasteiger partial charge in [-0.15, -0.1) is 0 Å². The number of carbonyl (C=O) groups excluding carboxylic acids is 2. The number of rotatable bonds is 4. The lowest BCUT2D eigenvalue weighted by atomic mass is 10.1. The highest BCUT2D eigenvalue weighted by Crippen LogP contribution is 2.29. The van der Waals surface area contributed by atoms with E-state index in [9.17, 15) is 9.59 Å². The van der Waals surface area contributed by atoms with Crippen molar-refractivity contribution in [2.24, 2.45) is 0 Å². The van der Waals surface area contributed by atoms with Crippen LogP contribution in [0.4, 0.5) is 4.79 Å². The average molecular weight is 294 g/mol. The third kappa shape index (κ3) is 3.75. The molecule has 1 aromatic rings. The SMILES string of the molecule is CC#CC(=O)c1cccc(Cl)c1OC(=O)N(CC)CC. The number of carbonyl (C=O) groups is 2. The summed E-state index contributed by atoms with van der Waals surface area (Å²) in [7, 11) is 0. The quantitative estimate of drug-likeness (QED) is 0.486. The van der Waals surface area contributed by atoms with Crippen LogP contribution in [0.25, 0.3) is 0 Å². The summed E-state index contributed by atoms with van der Waals surface area (Å²) in [6.07, 6.45) is -0.540. The highest BCUT2D eigenvalue weighted by molar-refractivity contribution is 6.33. The fraction of sp³-hybridized carbons (Fsp3) is 0.333. The molecular weight excluding hydrogens is 278 g/mol. The molecule has 0 aliphatic carbocycles. The summed E-state index contributed by atoms with van der Waals surface area (Å²) >= 11 is 6.01. The summed E-state index contributed by atoms with van der Waals surface area (Å²) in [4.78, 5) is 25.3. The molecule has 0 fully saturated rings. The van der Waals surface area contributed by atoms with Gasteiger partial charge in [0.15, 0.2) is 5.75 Å². The minimum atomic E-state index is -0.540. The largest absolute Gasteiger partial charge is 0.415 e. The van der Waals surface area contributed by atoms with Crippen LogP contribution in [0.1, 0.15) is 31.1 Å². The van der Waals surface area contributed by atoms with Gasteiger partial charge in [0.25, 0.3) is 0 Å². The van der Waals surface area contributed by atoms with Crippen molar-refractivity contribution in [3.8, 4) is 17.6 Å². The lowest BCUT2D eigenvalue weighted by Crippen LogP contribution is -2.33. The molecule has 1 aromatic carbocycles. The Bertz CT molecular complexity index is 568. The number of halogens is 1. The lowest BCUT2D eigenvalue weighted by Gasteiger charge is -2.19. The van der Waals surface area contributed by atoms with Crippen molar-refractivity contribution in [2.45, 2.75) is 20.8 Å². The van der Waals surface area contributed by atoms with Crippen LogP contribution in [0.3, 0.4) is 0 Å². The van der Waals surface area contributed by atoms with E-state index in [2.05, 4.69) is 11.8 Å². The van der Waals surface area contributed by atoms with Crippen LogP contribution >= 0.6 is 11.6 Å². The Labute approximate surface area is 123 Å². The Morgan fingerprint density at radius 1 is 1.30 bits per heavy atom. The van der Waals surface area contributed by atoms with Gasteiger partial charge in [0, 0.05) is 13.1 Å². The summed E-state index contributed by atoms with van der Waals surface area (Å²) < 4.78 is 5.25. The lowest BCUT2D eigenvalue weighted by molar-refractivity contribution is 0.105. The van der Waals surface area contributed by atoms with E-state index in [-0.39, 0.29) is 16.3 Å². The van der Waals surface area contributed by atoms with Crippen molar-refractivity contribution in [2.75, 3.05) is 13.1 Å². The molecule has 1 amide bonds. The van der Waals surface area contributed by atoms with Crippen molar-refractivity contribution in [3.05, 3.63) is 28.8 Å². The minimum absolute atomic E-state index is 0.0545. The molecule has 0 saturated heterocycles. The maximum absolute atomic E-state index is 12.0. The van der Waals surface area contributed by atoms with Crippen LogP contribution in [-0.2, 0) is 0 Å². The first-order valence-corrected chi connectivity index (χ1v) is 6.65. The molecule has 0 aliphatic rings. The van der Waals surface area contributed by atoms with E-state index >= 15 is 0 Å². The summed E-state index contributed by atoms with van der Waals surface area (Å²) in [5.74, 6) is 4.55. The molecule has 0 atom stereocenters. The maximum Gasteiger partial charge on any atom is 0.415 e. The number of ketones is 1. The molecular formula is C15H16ClNO3. The van der Waals surface area contributed by atoms with E-state index in [1.165, 1.54) is 11.0 Å². The number of Topliss-reactive ketones (excluding diaryl/α,β-unsaturated/α-hetero) is 1. The standard InChI is InChI=1S/C15H16ClNO3/c1-4-8-13(18)11-9-7-10-12(16)14(11)20-15(19)17(5-2)6-3/h7,9-10H,5-6H2,1-3H3. The van der Waals surface area contributed by atoms with Crippen molar-refractivity contribution < 1.29 is 14.3 Å². The van der Waals surface area contributed by atoms with Gasteiger partial charge in [0.05, 0.1) is 10.6 Å². The van der Waals surface area contributed by atoms with E-state index in [1.807, 2.05) is 13.8 Å². The van der Waals surface area contributed by atoms with E-state index in [1.54, 1.807) is 19.1 Å². The Morgan fingerprint density at radius 3 is 2.50 bits per heavy atom. The van der Waals surface area contributed by atoms with Gasteiger partial charge in [-0.25, -0.2) is 4.79 Å². The van der Waals surface area contributed by atoms with Crippen molar-refractivity contribution in [3.63, 3.8) is 0 Å². The number of hydrogen-bond donors (Lipinski definition) is 0. The number of benzene rings is 1. The highest BCUT2D eigenvalue weighted by Gasteiger charge is 2.19. The zero-order valence-electron chi connectivity index (χ0n) is 11.7. The van der Waals surface area contributed by atoms with Crippen molar-refractivity contribution in [1.82, 2.24) is 4.90 Å². The first-order valence-electron chi connectivity index (χ1n) is 6.27. The van der Waals surface area contributed by atoms with Gasteiger partial charge in [-0.05, 0) is 38.8 Å². The first-order chi connectivity index (χ1) is 9.54. The molecule has 106 valence electrons. The Balaban J connectivity index is 3.13. The third-order valence-corrected chi connectivity index (χ3v) is 2.96. The second kappa shape index (κ2) is 7.56. The molecule has 0 spiro atoms. The van der Waals surface area contributed by atoms with E-state index in [0.717, 1.165) is 0 Å². The van der Waals surface area contributed by atoms with Gasteiger partial charge >= 0.3 is 6.09 Å². The zero-order valence-corrected chi connectivity index (χ0v) is 12.5.